The van der Waals surface area contributed by atoms with Crippen LogP contribution in [0.3, 0.4) is 0 Å². The van der Waals surface area contributed by atoms with Crippen LogP contribution in [0.4, 0.5) is 0 Å². The maximum Gasteiger partial charge on any atom is 0.151 e. The molecule has 3 rings (SSSR count). The maximum absolute atomic E-state index is 5.47. The summed E-state index contributed by atoms with van der Waals surface area (Å²) in [6.07, 6.45) is 2.82. The van der Waals surface area contributed by atoms with Gasteiger partial charge in [-0.1, -0.05) is 19.0 Å². The molecule has 118 valence electrons. The van der Waals surface area contributed by atoms with Crippen LogP contribution in [0.15, 0.2) is 10.6 Å². The van der Waals surface area contributed by atoms with E-state index in [1.54, 1.807) is 0 Å². The van der Waals surface area contributed by atoms with Crippen LogP contribution in [0.5, 0.6) is 0 Å². The number of piperazine rings is 1. The normalized spacial score (nSPS) is 21.3. The molecule has 21 heavy (non-hydrogen) atoms. The van der Waals surface area contributed by atoms with Gasteiger partial charge in [-0.3, -0.25) is 9.80 Å². The van der Waals surface area contributed by atoms with Crippen molar-refractivity contribution < 1.29 is 4.52 Å². The molecular formula is C16H28N4O. The van der Waals surface area contributed by atoms with E-state index in [0.29, 0.717) is 5.92 Å². The van der Waals surface area contributed by atoms with Crippen molar-refractivity contribution in [2.24, 2.45) is 5.92 Å². The van der Waals surface area contributed by atoms with Crippen molar-refractivity contribution in [3.05, 3.63) is 17.5 Å². The first-order valence-electron chi connectivity index (χ1n) is 8.32. The van der Waals surface area contributed by atoms with E-state index in [-0.39, 0.29) is 0 Å². The summed E-state index contributed by atoms with van der Waals surface area (Å²) in [6, 6.07) is 3.00. The lowest BCUT2D eigenvalue weighted by Crippen LogP contribution is -2.46. The largest absolute Gasteiger partial charge is 0.360 e. The Kier molecular flexibility index (Phi) is 4.93. The van der Waals surface area contributed by atoms with Gasteiger partial charge in [0.2, 0.25) is 0 Å². The lowest BCUT2D eigenvalue weighted by atomic mass is 10.2. The van der Waals surface area contributed by atoms with Crippen molar-refractivity contribution in [1.82, 2.24) is 20.3 Å². The minimum atomic E-state index is 0.666. The first kappa shape index (κ1) is 15.0. The van der Waals surface area contributed by atoms with E-state index in [0.717, 1.165) is 50.2 Å². The Bertz CT molecular complexity index is 433. The third-order valence-electron chi connectivity index (χ3n) is 4.32. The van der Waals surface area contributed by atoms with Gasteiger partial charge in [0.15, 0.2) is 5.76 Å². The van der Waals surface area contributed by atoms with Gasteiger partial charge in [0.05, 0.1) is 12.2 Å². The second-order valence-electron chi connectivity index (χ2n) is 6.85. The van der Waals surface area contributed by atoms with Crippen molar-refractivity contribution in [2.45, 2.75) is 45.8 Å². The van der Waals surface area contributed by atoms with Crippen LogP contribution in [0.2, 0.25) is 0 Å². The molecule has 2 heterocycles. The third-order valence-corrected chi connectivity index (χ3v) is 4.32. The Balaban J connectivity index is 1.40. The molecule has 0 atom stereocenters. The topological polar surface area (TPSA) is 44.5 Å². The van der Waals surface area contributed by atoms with Gasteiger partial charge in [0.25, 0.3) is 0 Å². The Labute approximate surface area is 127 Å². The molecule has 0 spiro atoms. The molecule has 0 unspecified atom stereocenters. The minimum Gasteiger partial charge on any atom is -0.360 e. The summed E-state index contributed by atoms with van der Waals surface area (Å²) in [5.74, 6) is 1.66. The average molecular weight is 292 g/mol. The fraction of sp³-hybridized carbons (Fsp3) is 0.812. The predicted molar refractivity (Wildman–Crippen MR) is 82.9 cm³/mol. The standard InChI is InChI=1S/C16H28N4O/c1-13(2)10-17-11-14-9-16(21-18-14)12-19-5-7-20(8-6-19)15-3-4-15/h9,13,15,17H,3-8,10-12H2,1-2H3. The molecule has 1 aromatic rings. The fourth-order valence-electron chi connectivity index (χ4n) is 2.95. The van der Waals surface area contributed by atoms with E-state index >= 15 is 0 Å². The summed E-state index contributed by atoms with van der Waals surface area (Å²) < 4.78 is 5.47. The summed E-state index contributed by atoms with van der Waals surface area (Å²) in [5, 5.41) is 7.56. The van der Waals surface area contributed by atoms with Crippen LogP contribution in [-0.4, -0.2) is 53.7 Å². The highest BCUT2D eigenvalue weighted by Crippen LogP contribution is 2.27. The molecule has 0 amide bonds. The first-order chi connectivity index (χ1) is 10.2. The summed E-state index contributed by atoms with van der Waals surface area (Å²) in [5.41, 5.74) is 1.02. The van der Waals surface area contributed by atoms with Gasteiger partial charge in [-0.05, 0) is 25.3 Å². The van der Waals surface area contributed by atoms with Gasteiger partial charge in [-0.15, -0.1) is 0 Å². The van der Waals surface area contributed by atoms with Crippen LogP contribution < -0.4 is 5.32 Å². The van der Waals surface area contributed by atoms with Crippen molar-refractivity contribution in [3.8, 4) is 0 Å². The Morgan fingerprint density at radius 2 is 2.05 bits per heavy atom. The highest BCUT2D eigenvalue weighted by molar-refractivity contribution is 5.05. The van der Waals surface area contributed by atoms with Crippen LogP contribution in [0, 0.1) is 5.92 Å². The molecule has 2 aliphatic rings. The van der Waals surface area contributed by atoms with Crippen LogP contribution in [0.1, 0.15) is 38.1 Å². The van der Waals surface area contributed by atoms with Crippen LogP contribution in [-0.2, 0) is 13.1 Å². The predicted octanol–water partition coefficient (Wildman–Crippen LogP) is 1.70. The molecule has 2 fully saturated rings. The summed E-state index contributed by atoms with van der Waals surface area (Å²) >= 11 is 0. The van der Waals surface area contributed by atoms with Gasteiger partial charge in [-0.25, -0.2) is 0 Å². The molecule has 1 saturated carbocycles. The number of hydrogen-bond donors (Lipinski definition) is 1. The molecule has 1 saturated heterocycles. The number of rotatable bonds is 7. The monoisotopic (exact) mass is 292 g/mol. The smallest absolute Gasteiger partial charge is 0.151 e. The van der Waals surface area contributed by atoms with Gasteiger partial charge in [0.1, 0.15) is 0 Å². The van der Waals surface area contributed by atoms with Crippen molar-refractivity contribution in [2.75, 3.05) is 32.7 Å². The summed E-state index contributed by atoms with van der Waals surface area (Å²) in [6.45, 7) is 11.9. The zero-order valence-corrected chi connectivity index (χ0v) is 13.3. The fourth-order valence-corrected chi connectivity index (χ4v) is 2.95. The molecule has 5 heteroatoms. The molecule has 1 N–H and O–H groups in total. The number of nitrogens with zero attached hydrogens (tertiary/aromatic N) is 3. The van der Waals surface area contributed by atoms with Crippen molar-refractivity contribution in [3.63, 3.8) is 0 Å². The Hall–Kier alpha value is -0.910. The van der Waals surface area contributed by atoms with Gasteiger partial charge >= 0.3 is 0 Å². The molecule has 0 aromatic carbocycles. The van der Waals surface area contributed by atoms with Gasteiger partial charge in [-0.2, -0.15) is 0 Å². The Morgan fingerprint density at radius 3 is 2.71 bits per heavy atom. The molecule has 1 aliphatic heterocycles. The van der Waals surface area contributed by atoms with E-state index in [1.807, 2.05) is 0 Å². The molecule has 0 bridgehead atoms. The maximum atomic E-state index is 5.47. The highest BCUT2D eigenvalue weighted by atomic mass is 16.5. The average Bonchev–Trinajstić information content (AvgIpc) is 3.22. The number of aromatic nitrogens is 1. The quantitative estimate of drug-likeness (QED) is 0.829. The van der Waals surface area contributed by atoms with E-state index in [4.69, 9.17) is 4.52 Å². The van der Waals surface area contributed by atoms with Crippen LogP contribution >= 0.6 is 0 Å². The molecule has 0 radical (unpaired) electrons. The van der Waals surface area contributed by atoms with E-state index in [2.05, 4.69) is 40.2 Å². The summed E-state index contributed by atoms with van der Waals surface area (Å²) in [4.78, 5) is 5.11. The number of nitrogens with one attached hydrogen (secondary N) is 1. The first-order valence-corrected chi connectivity index (χ1v) is 8.32. The second kappa shape index (κ2) is 6.90. The zero-order chi connectivity index (χ0) is 14.7. The second-order valence-corrected chi connectivity index (χ2v) is 6.85. The van der Waals surface area contributed by atoms with Crippen LogP contribution in [0.25, 0.3) is 0 Å². The highest BCUT2D eigenvalue weighted by Gasteiger charge is 2.31. The van der Waals surface area contributed by atoms with Crippen molar-refractivity contribution in [1.29, 1.82) is 0 Å². The van der Waals surface area contributed by atoms with Gasteiger partial charge < -0.3 is 9.84 Å². The van der Waals surface area contributed by atoms with E-state index < -0.39 is 0 Å². The zero-order valence-electron chi connectivity index (χ0n) is 13.3. The molecule has 5 nitrogen and oxygen atoms in total. The lowest BCUT2D eigenvalue weighted by Gasteiger charge is -2.34. The van der Waals surface area contributed by atoms with E-state index in [9.17, 15) is 0 Å². The van der Waals surface area contributed by atoms with Gasteiger partial charge in [0, 0.05) is 44.8 Å². The SMILES string of the molecule is CC(C)CNCc1cc(CN2CCN(C3CC3)CC2)on1. The van der Waals surface area contributed by atoms with E-state index in [1.165, 1.54) is 25.9 Å². The third kappa shape index (κ3) is 4.53. The van der Waals surface area contributed by atoms with Crippen molar-refractivity contribution >= 4 is 0 Å². The lowest BCUT2D eigenvalue weighted by molar-refractivity contribution is 0.113. The molecule has 1 aliphatic carbocycles. The Morgan fingerprint density at radius 1 is 1.29 bits per heavy atom. The summed E-state index contributed by atoms with van der Waals surface area (Å²) in [7, 11) is 0. The molecular weight excluding hydrogens is 264 g/mol. The molecule has 1 aromatic heterocycles. The minimum absolute atomic E-state index is 0.666. The number of hydrogen-bond acceptors (Lipinski definition) is 5.